The van der Waals surface area contributed by atoms with E-state index in [4.69, 9.17) is 14.2 Å². The van der Waals surface area contributed by atoms with Gasteiger partial charge in [-0.25, -0.2) is 4.79 Å². The molecular formula is C21H26O7. The Morgan fingerprint density at radius 3 is 2.64 bits per heavy atom. The van der Waals surface area contributed by atoms with Crippen LogP contribution in [0.2, 0.25) is 0 Å². The van der Waals surface area contributed by atoms with Crippen molar-refractivity contribution in [1.82, 2.24) is 0 Å². The zero-order valence-corrected chi connectivity index (χ0v) is 16.4. The molecule has 7 heteroatoms. The number of aldehydes is 1. The molecule has 1 aliphatic carbocycles. The van der Waals surface area contributed by atoms with Crippen molar-refractivity contribution in [3.05, 3.63) is 35.5 Å². The minimum atomic E-state index is -0.674. The quantitative estimate of drug-likeness (QED) is 0.234. The van der Waals surface area contributed by atoms with Gasteiger partial charge in [0.1, 0.15) is 25.1 Å². The summed E-state index contributed by atoms with van der Waals surface area (Å²) < 4.78 is 16.1. The van der Waals surface area contributed by atoms with E-state index in [2.05, 4.69) is 6.58 Å². The number of carbonyl (C=O) groups excluding carboxylic acids is 4. The van der Waals surface area contributed by atoms with Crippen molar-refractivity contribution in [3.8, 4) is 0 Å². The molecule has 0 aromatic heterocycles. The lowest BCUT2D eigenvalue weighted by atomic mass is 9.87. The first-order valence-corrected chi connectivity index (χ1v) is 9.29. The fraction of sp³-hybridized carbons (Fsp3) is 0.524. The molecule has 3 unspecified atom stereocenters. The summed E-state index contributed by atoms with van der Waals surface area (Å²) in [6.07, 6.45) is 3.97. The molecule has 0 bridgehead atoms. The lowest BCUT2D eigenvalue weighted by Crippen LogP contribution is -2.27. The average Bonchev–Trinajstić information content (AvgIpc) is 2.90. The standard InChI is InChI=1S/C21H26O7/c1-12(2)20(24)27-18-8-5-15(10-22)9-19-17(13(3)21(25)28-19)7-6-16(18)11-26-14(4)23/h5-6,10,12,17-19H,3,7-9,11H2,1-2,4H3. The molecular weight excluding hydrogens is 364 g/mol. The Bertz CT molecular complexity index is 729. The number of hydrogen-bond donors (Lipinski definition) is 0. The van der Waals surface area contributed by atoms with Gasteiger partial charge in [0, 0.05) is 36.8 Å². The van der Waals surface area contributed by atoms with Gasteiger partial charge < -0.3 is 14.2 Å². The van der Waals surface area contributed by atoms with Crippen LogP contribution in [0.5, 0.6) is 0 Å². The van der Waals surface area contributed by atoms with Crippen LogP contribution < -0.4 is 0 Å². The normalized spacial score (nSPS) is 25.2. The highest BCUT2D eigenvalue weighted by atomic mass is 16.6. The molecule has 1 fully saturated rings. The van der Waals surface area contributed by atoms with Crippen molar-refractivity contribution in [2.75, 3.05) is 6.61 Å². The Hall–Kier alpha value is -2.70. The maximum atomic E-state index is 12.1. The zero-order valence-electron chi connectivity index (χ0n) is 16.4. The van der Waals surface area contributed by atoms with Crippen LogP contribution in [0.15, 0.2) is 35.5 Å². The fourth-order valence-corrected chi connectivity index (χ4v) is 3.12. The maximum Gasteiger partial charge on any atom is 0.334 e. The van der Waals surface area contributed by atoms with Crippen molar-refractivity contribution in [1.29, 1.82) is 0 Å². The van der Waals surface area contributed by atoms with Gasteiger partial charge in [-0.3, -0.25) is 14.4 Å². The van der Waals surface area contributed by atoms with Crippen LogP contribution in [0.3, 0.4) is 0 Å². The van der Waals surface area contributed by atoms with Crippen molar-refractivity contribution >= 4 is 24.2 Å². The van der Waals surface area contributed by atoms with E-state index >= 15 is 0 Å². The van der Waals surface area contributed by atoms with Gasteiger partial charge in [0.25, 0.3) is 0 Å². The first kappa shape index (κ1) is 21.6. The molecule has 0 saturated carbocycles. The number of carbonyl (C=O) groups is 4. The van der Waals surface area contributed by atoms with E-state index in [1.165, 1.54) is 6.92 Å². The van der Waals surface area contributed by atoms with Crippen LogP contribution in [0.25, 0.3) is 0 Å². The number of rotatable bonds is 5. The third-order valence-electron chi connectivity index (χ3n) is 4.82. The molecule has 28 heavy (non-hydrogen) atoms. The van der Waals surface area contributed by atoms with Gasteiger partial charge in [-0.1, -0.05) is 32.6 Å². The van der Waals surface area contributed by atoms with Gasteiger partial charge >= 0.3 is 17.9 Å². The predicted octanol–water partition coefficient (Wildman–Crippen LogP) is 2.45. The van der Waals surface area contributed by atoms with E-state index in [1.54, 1.807) is 19.9 Å². The largest absolute Gasteiger partial charge is 0.461 e. The van der Waals surface area contributed by atoms with Crippen LogP contribution in [-0.4, -0.2) is 43.0 Å². The average molecular weight is 390 g/mol. The summed E-state index contributed by atoms with van der Waals surface area (Å²) in [4.78, 5) is 46.8. The minimum Gasteiger partial charge on any atom is -0.461 e. The molecule has 2 rings (SSSR count). The molecule has 0 aromatic rings. The summed E-state index contributed by atoms with van der Waals surface area (Å²) in [6, 6.07) is 0. The van der Waals surface area contributed by atoms with E-state index in [1.807, 2.05) is 6.08 Å². The highest BCUT2D eigenvalue weighted by molar-refractivity contribution is 5.91. The Labute approximate surface area is 164 Å². The van der Waals surface area contributed by atoms with Gasteiger partial charge in [-0.15, -0.1) is 0 Å². The van der Waals surface area contributed by atoms with E-state index in [9.17, 15) is 19.2 Å². The number of hydrogen-bond acceptors (Lipinski definition) is 7. The van der Waals surface area contributed by atoms with Crippen molar-refractivity contribution in [3.63, 3.8) is 0 Å². The minimum absolute atomic E-state index is 0.0473. The van der Waals surface area contributed by atoms with Crippen molar-refractivity contribution in [2.24, 2.45) is 11.8 Å². The SMILES string of the molecule is C=C1C(=O)OC2CC(C=O)=CCC(OC(=O)C(C)C)C(COC(C)=O)=CCC12. The Balaban J connectivity index is 2.38. The molecule has 0 amide bonds. The van der Waals surface area contributed by atoms with E-state index < -0.39 is 30.1 Å². The van der Waals surface area contributed by atoms with Gasteiger partial charge in [0.2, 0.25) is 0 Å². The van der Waals surface area contributed by atoms with Gasteiger partial charge in [-0.2, -0.15) is 0 Å². The second kappa shape index (κ2) is 9.48. The van der Waals surface area contributed by atoms with E-state index in [0.29, 0.717) is 29.4 Å². The molecule has 0 spiro atoms. The lowest BCUT2D eigenvalue weighted by molar-refractivity contribution is -0.151. The molecule has 3 atom stereocenters. The molecule has 1 heterocycles. The smallest absolute Gasteiger partial charge is 0.334 e. The number of allylic oxidation sites excluding steroid dienone is 1. The zero-order chi connectivity index (χ0) is 20.8. The molecule has 7 nitrogen and oxygen atoms in total. The highest BCUT2D eigenvalue weighted by Gasteiger charge is 2.38. The molecule has 0 radical (unpaired) electrons. The third kappa shape index (κ3) is 5.41. The molecule has 0 aromatic carbocycles. The van der Waals surface area contributed by atoms with Gasteiger partial charge in [0.05, 0.1) is 5.92 Å². The summed E-state index contributed by atoms with van der Waals surface area (Å²) >= 11 is 0. The second-order valence-corrected chi connectivity index (χ2v) is 7.29. The third-order valence-corrected chi connectivity index (χ3v) is 4.82. The molecule has 1 aliphatic heterocycles. The fourth-order valence-electron chi connectivity index (χ4n) is 3.12. The molecule has 0 N–H and O–H groups in total. The van der Waals surface area contributed by atoms with E-state index in [0.717, 1.165) is 0 Å². The van der Waals surface area contributed by atoms with Crippen LogP contribution >= 0.6 is 0 Å². The van der Waals surface area contributed by atoms with Crippen LogP contribution in [0.4, 0.5) is 0 Å². The monoisotopic (exact) mass is 390 g/mol. The topological polar surface area (TPSA) is 96.0 Å². The van der Waals surface area contributed by atoms with Crippen molar-refractivity contribution in [2.45, 2.75) is 52.2 Å². The Morgan fingerprint density at radius 2 is 2.04 bits per heavy atom. The second-order valence-electron chi connectivity index (χ2n) is 7.29. The highest BCUT2D eigenvalue weighted by Crippen LogP contribution is 2.35. The summed E-state index contributed by atoms with van der Waals surface area (Å²) in [5.41, 5.74) is 1.39. The first-order valence-electron chi connectivity index (χ1n) is 9.29. The summed E-state index contributed by atoms with van der Waals surface area (Å²) in [7, 11) is 0. The Morgan fingerprint density at radius 1 is 1.32 bits per heavy atom. The number of fused-ring (bicyclic) bond motifs is 1. The first-order chi connectivity index (χ1) is 13.2. The number of esters is 3. The van der Waals surface area contributed by atoms with Crippen LogP contribution in [0, 0.1) is 11.8 Å². The molecule has 2 aliphatic rings. The Kier molecular flexibility index (Phi) is 7.31. The molecule has 1 saturated heterocycles. The van der Waals surface area contributed by atoms with Crippen molar-refractivity contribution < 1.29 is 33.4 Å². The molecule has 152 valence electrons. The number of ether oxygens (including phenoxy) is 3. The summed E-state index contributed by atoms with van der Waals surface area (Å²) in [6.45, 7) is 8.50. The van der Waals surface area contributed by atoms with Crippen LogP contribution in [0.1, 0.15) is 40.0 Å². The van der Waals surface area contributed by atoms with Gasteiger partial charge in [-0.05, 0) is 12.0 Å². The van der Waals surface area contributed by atoms with E-state index in [-0.39, 0.29) is 31.3 Å². The van der Waals surface area contributed by atoms with Gasteiger partial charge in [0.15, 0.2) is 0 Å². The summed E-state index contributed by atoms with van der Waals surface area (Å²) in [5.74, 6) is -1.96. The lowest BCUT2D eigenvalue weighted by Gasteiger charge is -2.24. The van der Waals surface area contributed by atoms with Crippen LogP contribution in [-0.2, 0) is 33.4 Å². The summed E-state index contributed by atoms with van der Waals surface area (Å²) in [5, 5.41) is 0. The predicted molar refractivity (Wildman–Crippen MR) is 99.9 cm³/mol. The maximum absolute atomic E-state index is 12.1.